The van der Waals surface area contributed by atoms with Gasteiger partial charge in [-0.05, 0) is 85.4 Å². The number of carbonyl (C=O) groups excluding carboxylic acids is 3. The molecule has 1 N–H and O–H groups in total. The Morgan fingerprint density at radius 2 is 1.63 bits per heavy atom. The molecule has 0 radical (unpaired) electrons. The highest BCUT2D eigenvalue weighted by molar-refractivity contribution is 7.80. The first kappa shape index (κ1) is 29.8. The first-order valence-corrected chi connectivity index (χ1v) is 13.1. The van der Waals surface area contributed by atoms with Gasteiger partial charge >= 0.3 is 12.3 Å². The zero-order valence-corrected chi connectivity index (χ0v) is 23.1. The molecule has 1 atom stereocenters. The van der Waals surface area contributed by atoms with E-state index in [1.807, 2.05) is 0 Å². The van der Waals surface area contributed by atoms with Crippen LogP contribution >= 0.6 is 23.8 Å². The highest BCUT2D eigenvalue weighted by atomic mass is 35.5. The fraction of sp³-hybridized carbons (Fsp3) is 0.214. The first-order chi connectivity index (χ1) is 19.4. The van der Waals surface area contributed by atoms with Crippen LogP contribution in [0.4, 0.5) is 24.5 Å². The number of anilines is 2. The summed E-state index contributed by atoms with van der Waals surface area (Å²) in [4.78, 5) is 41.4. The monoisotopic (exact) mass is 605 g/mol. The molecule has 1 aliphatic rings. The average molecular weight is 606 g/mol. The van der Waals surface area contributed by atoms with Crippen LogP contribution in [0.1, 0.15) is 29.3 Å². The Morgan fingerprint density at radius 1 is 1.00 bits per heavy atom. The second-order valence-corrected chi connectivity index (χ2v) is 9.62. The molecule has 1 saturated heterocycles. The van der Waals surface area contributed by atoms with E-state index in [1.165, 1.54) is 46.2 Å². The van der Waals surface area contributed by atoms with Crippen molar-refractivity contribution < 1.29 is 37.0 Å². The van der Waals surface area contributed by atoms with Crippen LogP contribution in [0, 0.1) is 0 Å². The Labute approximate surface area is 243 Å². The number of hydrogen-bond acceptors (Lipinski definition) is 6. The maximum atomic E-state index is 13.6. The van der Waals surface area contributed by atoms with E-state index in [0.717, 1.165) is 12.1 Å². The number of nitrogens with zero attached hydrogens (tertiary/aromatic N) is 2. The van der Waals surface area contributed by atoms with E-state index >= 15 is 0 Å². The quantitative estimate of drug-likeness (QED) is 0.238. The summed E-state index contributed by atoms with van der Waals surface area (Å²) in [5.41, 5.74) is 1.65. The molecule has 8 nitrogen and oxygen atoms in total. The molecule has 2 amide bonds. The molecular formula is C28H23ClF3N3O5S. The fourth-order valence-electron chi connectivity index (χ4n) is 4.13. The number of hydrogen-bond donors (Lipinski definition) is 1. The van der Waals surface area contributed by atoms with E-state index in [2.05, 4.69) is 10.1 Å². The van der Waals surface area contributed by atoms with E-state index in [4.69, 9.17) is 28.6 Å². The molecule has 1 fully saturated rings. The van der Waals surface area contributed by atoms with Gasteiger partial charge in [-0.3, -0.25) is 14.5 Å². The van der Waals surface area contributed by atoms with E-state index in [1.54, 1.807) is 31.2 Å². The summed E-state index contributed by atoms with van der Waals surface area (Å²) >= 11 is 11.5. The lowest BCUT2D eigenvalue weighted by Crippen LogP contribution is -2.37. The fourth-order valence-corrected chi connectivity index (χ4v) is 4.64. The zero-order valence-electron chi connectivity index (χ0n) is 21.5. The van der Waals surface area contributed by atoms with Gasteiger partial charge in [-0.15, -0.1) is 13.2 Å². The topological polar surface area (TPSA) is 88.2 Å². The second kappa shape index (κ2) is 12.6. The molecule has 13 heteroatoms. The molecule has 0 aromatic heterocycles. The highest BCUT2D eigenvalue weighted by Gasteiger charge is 2.44. The average Bonchev–Trinajstić information content (AvgIpc) is 3.14. The van der Waals surface area contributed by atoms with Crippen molar-refractivity contribution in [3.8, 4) is 5.75 Å². The molecule has 214 valence electrons. The van der Waals surface area contributed by atoms with E-state index in [9.17, 15) is 27.6 Å². The minimum Gasteiger partial charge on any atom is -0.462 e. The molecule has 0 unspecified atom stereocenters. The number of carbonyl (C=O) groups is 3. The number of benzene rings is 3. The minimum atomic E-state index is -4.84. The third kappa shape index (κ3) is 7.53. The second-order valence-electron chi connectivity index (χ2n) is 8.82. The molecule has 41 heavy (non-hydrogen) atoms. The van der Waals surface area contributed by atoms with Crippen LogP contribution in [0.15, 0.2) is 72.8 Å². The van der Waals surface area contributed by atoms with Crippen molar-refractivity contribution in [1.29, 1.82) is 0 Å². The van der Waals surface area contributed by atoms with Crippen molar-refractivity contribution in [2.75, 3.05) is 16.8 Å². The van der Waals surface area contributed by atoms with Crippen molar-refractivity contribution in [2.24, 2.45) is 0 Å². The summed E-state index contributed by atoms with van der Waals surface area (Å²) < 4.78 is 46.6. The lowest BCUT2D eigenvalue weighted by molar-refractivity contribution is -0.274. The molecule has 3 aromatic carbocycles. The van der Waals surface area contributed by atoms with Crippen molar-refractivity contribution >= 4 is 58.1 Å². The van der Waals surface area contributed by atoms with Crippen LogP contribution in [-0.2, 0) is 20.9 Å². The molecule has 4 rings (SSSR count). The Hall–Kier alpha value is -4.16. The predicted octanol–water partition coefficient (Wildman–Crippen LogP) is 5.95. The summed E-state index contributed by atoms with van der Waals surface area (Å²) in [7, 11) is 0. The zero-order chi connectivity index (χ0) is 29.7. The maximum Gasteiger partial charge on any atom is 0.573 e. The molecule has 0 bridgehead atoms. The molecule has 0 saturated carbocycles. The normalized spacial score (nSPS) is 15.2. The molecule has 1 heterocycles. The largest absolute Gasteiger partial charge is 0.573 e. The summed E-state index contributed by atoms with van der Waals surface area (Å²) in [5.74, 6) is -1.87. The Morgan fingerprint density at radius 3 is 2.22 bits per heavy atom. The predicted molar refractivity (Wildman–Crippen MR) is 150 cm³/mol. The van der Waals surface area contributed by atoms with E-state index < -0.39 is 35.9 Å². The third-order valence-electron chi connectivity index (χ3n) is 5.97. The summed E-state index contributed by atoms with van der Waals surface area (Å²) in [5, 5.41) is 3.29. The Balaban J connectivity index is 1.58. The van der Waals surface area contributed by atoms with Crippen LogP contribution in [0.2, 0.25) is 5.02 Å². The van der Waals surface area contributed by atoms with Crippen molar-refractivity contribution in [3.63, 3.8) is 0 Å². The van der Waals surface area contributed by atoms with Gasteiger partial charge in [-0.1, -0.05) is 23.7 Å². The van der Waals surface area contributed by atoms with Crippen LogP contribution in [0.3, 0.4) is 0 Å². The van der Waals surface area contributed by atoms with Gasteiger partial charge in [-0.2, -0.15) is 0 Å². The van der Waals surface area contributed by atoms with Gasteiger partial charge in [-0.25, -0.2) is 4.79 Å². The van der Waals surface area contributed by atoms with Crippen molar-refractivity contribution in [1.82, 2.24) is 4.90 Å². The number of rotatable bonds is 9. The maximum absolute atomic E-state index is 13.6. The third-order valence-corrected chi connectivity index (χ3v) is 6.64. The van der Waals surface area contributed by atoms with Gasteiger partial charge in [0.25, 0.3) is 5.91 Å². The van der Waals surface area contributed by atoms with Crippen LogP contribution < -0.4 is 15.0 Å². The number of nitrogens with one attached hydrogen (secondary N) is 1. The Bertz CT molecular complexity index is 1430. The molecule has 1 aliphatic heterocycles. The summed E-state index contributed by atoms with van der Waals surface area (Å²) in [6.45, 7) is 1.91. The van der Waals surface area contributed by atoms with E-state index in [0.29, 0.717) is 22.0 Å². The minimum absolute atomic E-state index is 0.0210. The van der Waals surface area contributed by atoms with Gasteiger partial charge < -0.3 is 19.7 Å². The number of esters is 1. The highest BCUT2D eigenvalue weighted by Crippen LogP contribution is 2.30. The van der Waals surface area contributed by atoms with Gasteiger partial charge in [0.1, 0.15) is 11.8 Å². The number of alkyl halides is 3. The van der Waals surface area contributed by atoms with Gasteiger partial charge in [0.2, 0.25) is 5.91 Å². The molecule has 3 aromatic rings. The summed E-state index contributed by atoms with van der Waals surface area (Å²) in [6.07, 6.45) is -5.11. The standard InChI is InChI=1S/C28H23ClF3N3O5S/c1-2-39-26(38)18-5-11-21(12-6-18)35-25(37)23(15-24(36)33-20-9-7-19(29)8-10-20)34(27(35)41)16-17-3-13-22(14-4-17)40-28(30,31)32/h3-14,23H,2,15-16H2,1H3,(H,33,36)/t23-/m0/s1. The smallest absolute Gasteiger partial charge is 0.462 e. The molecule has 0 aliphatic carbocycles. The SMILES string of the molecule is CCOC(=O)c1ccc(N2C(=O)[C@H](CC(=O)Nc3ccc(Cl)cc3)N(Cc3ccc(OC(F)(F)F)cc3)C2=S)cc1. The van der Waals surface area contributed by atoms with Crippen molar-refractivity contribution in [2.45, 2.75) is 32.3 Å². The molecule has 0 spiro atoms. The lowest BCUT2D eigenvalue weighted by Gasteiger charge is -2.24. The van der Waals surface area contributed by atoms with Crippen LogP contribution in [0.25, 0.3) is 0 Å². The first-order valence-electron chi connectivity index (χ1n) is 12.3. The van der Waals surface area contributed by atoms with Crippen molar-refractivity contribution in [3.05, 3.63) is 88.9 Å². The summed E-state index contributed by atoms with van der Waals surface area (Å²) in [6, 6.07) is 16.6. The number of thiocarbonyl (C=S) groups is 1. The number of amides is 2. The number of ether oxygens (including phenoxy) is 2. The van der Waals surface area contributed by atoms with E-state index in [-0.39, 0.29) is 30.2 Å². The molecular weight excluding hydrogens is 583 g/mol. The van der Waals surface area contributed by atoms with Crippen LogP contribution in [0.5, 0.6) is 5.75 Å². The van der Waals surface area contributed by atoms with Gasteiger partial charge in [0, 0.05) is 17.3 Å². The van der Waals surface area contributed by atoms with Gasteiger partial charge in [0.05, 0.1) is 24.3 Å². The van der Waals surface area contributed by atoms with Gasteiger partial charge in [0.15, 0.2) is 5.11 Å². The lowest BCUT2D eigenvalue weighted by atomic mass is 10.1. The van der Waals surface area contributed by atoms with Crippen LogP contribution in [-0.4, -0.2) is 46.8 Å². The Kier molecular flexibility index (Phi) is 9.14. The number of halogens is 4.